The fourth-order valence-electron chi connectivity index (χ4n) is 5.37. The third kappa shape index (κ3) is 3.66. The summed E-state index contributed by atoms with van der Waals surface area (Å²) in [4.78, 5) is 41.0. The van der Waals surface area contributed by atoms with Gasteiger partial charge in [-0.1, -0.05) is 42.6 Å². The van der Waals surface area contributed by atoms with Gasteiger partial charge < -0.3 is 24.8 Å². The number of carbonyl (C=O) groups is 3. The lowest BCUT2D eigenvalue weighted by Crippen LogP contribution is -2.58. The molecule has 3 fully saturated rings. The summed E-state index contributed by atoms with van der Waals surface area (Å²) in [6.07, 6.45) is 3.33. The number of aliphatic hydroxyl groups is 1. The lowest BCUT2D eigenvalue weighted by molar-refractivity contribution is -0.155. The number of aliphatic hydroxyl groups excluding tert-OH is 1. The molecule has 8 nitrogen and oxygen atoms in total. The summed E-state index contributed by atoms with van der Waals surface area (Å²) in [6, 6.07) is -1.39. The molecule has 0 aliphatic carbocycles. The molecule has 3 rings (SSSR count). The molecule has 3 aliphatic rings. The SMILES string of the molecule is CCCCCNC(=O)[C@H]1N([C@@H](CC)CO)C(=O)[C@@H]2[C@@H](C(=O)OCC)[C@@H]3O[C@@]21CC3Br. The van der Waals surface area contributed by atoms with Crippen LogP contribution in [0, 0.1) is 11.8 Å². The van der Waals surface area contributed by atoms with Crippen LogP contribution in [0.4, 0.5) is 0 Å². The van der Waals surface area contributed by atoms with Gasteiger partial charge in [0.25, 0.3) is 0 Å². The molecule has 1 spiro atoms. The Morgan fingerprint density at radius 1 is 1.37 bits per heavy atom. The van der Waals surface area contributed by atoms with Gasteiger partial charge in [0.05, 0.1) is 37.2 Å². The minimum absolute atomic E-state index is 0.152. The van der Waals surface area contributed by atoms with Gasteiger partial charge in [0.2, 0.25) is 11.8 Å². The molecule has 3 heterocycles. The fraction of sp³-hybridized carbons (Fsp3) is 0.857. The average Bonchev–Trinajstić information content (AvgIpc) is 3.30. The molecule has 170 valence electrons. The van der Waals surface area contributed by atoms with Crippen molar-refractivity contribution >= 4 is 33.7 Å². The minimum Gasteiger partial charge on any atom is -0.466 e. The summed E-state index contributed by atoms with van der Waals surface area (Å²) in [5.74, 6) is -2.58. The van der Waals surface area contributed by atoms with E-state index in [0.29, 0.717) is 19.4 Å². The van der Waals surface area contributed by atoms with Gasteiger partial charge in [-0.2, -0.15) is 0 Å². The summed E-state index contributed by atoms with van der Waals surface area (Å²) in [6.45, 7) is 6.15. The lowest BCUT2D eigenvalue weighted by atomic mass is 9.70. The standard InChI is InChI=1S/C21H33BrN2O6/c1-4-7-8-9-23-18(26)17-21-10-13(22)16(30-21)14(20(28)29-6-3)15(21)19(27)24(17)12(5-2)11-25/h12-17,25H,4-11H2,1-3H3,(H,23,26)/t12-,13?,14+,15-,16+,17+,21-/m0/s1. The van der Waals surface area contributed by atoms with Crippen molar-refractivity contribution in [2.24, 2.45) is 11.8 Å². The largest absolute Gasteiger partial charge is 0.466 e. The second-order valence-corrected chi connectivity index (χ2v) is 9.58. The third-order valence-corrected chi connectivity index (χ3v) is 7.53. The number of amides is 2. The number of fused-ring (bicyclic) bond motifs is 1. The number of alkyl halides is 1. The molecule has 0 aromatic rings. The highest BCUT2D eigenvalue weighted by atomic mass is 79.9. The quantitative estimate of drug-likeness (QED) is 0.273. The van der Waals surface area contributed by atoms with Crippen molar-refractivity contribution < 1.29 is 29.0 Å². The van der Waals surface area contributed by atoms with E-state index in [-0.39, 0.29) is 29.9 Å². The molecule has 30 heavy (non-hydrogen) atoms. The first-order valence-corrected chi connectivity index (χ1v) is 12.0. The smallest absolute Gasteiger partial charge is 0.312 e. The highest BCUT2D eigenvalue weighted by molar-refractivity contribution is 9.09. The Labute approximate surface area is 186 Å². The monoisotopic (exact) mass is 488 g/mol. The predicted octanol–water partition coefficient (Wildman–Crippen LogP) is 1.37. The first-order valence-electron chi connectivity index (χ1n) is 11.1. The molecular formula is C21H33BrN2O6. The molecule has 0 aromatic heterocycles. The maximum atomic E-state index is 13.6. The normalized spacial score (nSPS) is 35.4. The Bertz CT molecular complexity index is 672. The third-order valence-electron chi connectivity index (χ3n) is 6.69. The lowest BCUT2D eigenvalue weighted by Gasteiger charge is -2.36. The number of carbonyl (C=O) groups excluding carboxylic acids is 3. The summed E-state index contributed by atoms with van der Waals surface area (Å²) in [5.41, 5.74) is -1.09. The zero-order chi connectivity index (χ0) is 22.1. The van der Waals surface area contributed by atoms with E-state index >= 15 is 0 Å². The summed E-state index contributed by atoms with van der Waals surface area (Å²) < 4.78 is 11.6. The number of ether oxygens (including phenoxy) is 2. The molecule has 0 saturated carbocycles. The number of esters is 1. The van der Waals surface area contributed by atoms with Gasteiger partial charge in [-0.3, -0.25) is 14.4 Å². The predicted molar refractivity (Wildman–Crippen MR) is 113 cm³/mol. The number of hydrogen-bond acceptors (Lipinski definition) is 6. The summed E-state index contributed by atoms with van der Waals surface area (Å²) in [5, 5.41) is 12.9. The van der Waals surface area contributed by atoms with Gasteiger partial charge >= 0.3 is 5.97 Å². The van der Waals surface area contributed by atoms with Crippen molar-refractivity contribution in [1.29, 1.82) is 0 Å². The van der Waals surface area contributed by atoms with E-state index < -0.39 is 41.6 Å². The van der Waals surface area contributed by atoms with Gasteiger partial charge in [-0.05, 0) is 26.2 Å². The fourth-order valence-corrected chi connectivity index (χ4v) is 6.31. The Kier molecular flexibility index (Phi) is 7.45. The number of unbranched alkanes of at least 4 members (excludes halogenated alkanes) is 2. The van der Waals surface area contributed by atoms with E-state index in [2.05, 4.69) is 28.2 Å². The number of nitrogens with one attached hydrogen (secondary N) is 1. The first kappa shape index (κ1) is 23.5. The Hall–Kier alpha value is -1.19. The van der Waals surface area contributed by atoms with Crippen LogP contribution in [0.15, 0.2) is 0 Å². The Morgan fingerprint density at radius 3 is 2.70 bits per heavy atom. The van der Waals surface area contributed by atoms with Gasteiger partial charge in [-0.25, -0.2) is 0 Å². The molecule has 0 radical (unpaired) electrons. The Balaban J connectivity index is 1.97. The molecular weight excluding hydrogens is 456 g/mol. The van der Waals surface area contributed by atoms with Crippen molar-refractivity contribution in [3.63, 3.8) is 0 Å². The number of likely N-dealkylation sites (tertiary alicyclic amines) is 1. The zero-order valence-electron chi connectivity index (χ0n) is 17.9. The number of hydrogen-bond donors (Lipinski definition) is 2. The average molecular weight is 489 g/mol. The number of rotatable bonds is 10. The molecule has 1 unspecified atom stereocenters. The maximum absolute atomic E-state index is 13.6. The molecule has 2 N–H and O–H groups in total. The molecule has 7 atom stereocenters. The van der Waals surface area contributed by atoms with Crippen LogP contribution in [-0.4, -0.2) is 76.2 Å². The summed E-state index contributed by atoms with van der Waals surface area (Å²) in [7, 11) is 0. The number of halogens is 1. The van der Waals surface area contributed by atoms with Crippen LogP contribution in [-0.2, 0) is 23.9 Å². The van der Waals surface area contributed by atoms with E-state index in [1.54, 1.807) is 6.92 Å². The van der Waals surface area contributed by atoms with Gasteiger partial charge in [-0.15, -0.1) is 0 Å². The molecule has 0 aromatic carbocycles. The first-order chi connectivity index (χ1) is 14.4. The molecule has 2 bridgehead atoms. The van der Waals surface area contributed by atoms with E-state index in [0.717, 1.165) is 19.3 Å². The molecule has 9 heteroatoms. The number of nitrogens with zero attached hydrogens (tertiary/aromatic N) is 1. The van der Waals surface area contributed by atoms with Crippen LogP contribution < -0.4 is 5.32 Å². The van der Waals surface area contributed by atoms with Crippen molar-refractivity contribution in [2.45, 2.75) is 81.5 Å². The van der Waals surface area contributed by atoms with Gasteiger partial charge in [0, 0.05) is 11.4 Å². The van der Waals surface area contributed by atoms with Crippen LogP contribution in [0.25, 0.3) is 0 Å². The van der Waals surface area contributed by atoms with Crippen molar-refractivity contribution in [2.75, 3.05) is 19.8 Å². The molecule has 3 saturated heterocycles. The zero-order valence-corrected chi connectivity index (χ0v) is 19.5. The highest BCUT2D eigenvalue weighted by Crippen LogP contribution is 2.60. The van der Waals surface area contributed by atoms with Crippen molar-refractivity contribution in [3.05, 3.63) is 0 Å². The summed E-state index contributed by atoms with van der Waals surface area (Å²) >= 11 is 3.60. The highest BCUT2D eigenvalue weighted by Gasteiger charge is 2.77. The van der Waals surface area contributed by atoms with Crippen LogP contribution in [0.1, 0.15) is 52.9 Å². The van der Waals surface area contributed by atoms with Gasteiger partial charge in [0.15, 0.2) is 0 Å². The molecule has 3 aliphatic heterocycles. The second-order valence-electron chi connectivity index (χ2n) is 8.40. The van der Waals surface area contributed by atoms with E-state index in [1.165, 1.54) is 4.90 Å². The topological polar surface area (TPSA) is 105 Å². The second kappa shape index (κ2) is 9.53. The maximum Gasteiger partial charge on any atom is 0.312 e. The minimum atomic E-state index is -1.09. The van der Waals surface area contributed by atoms with Crippen LogP contribution in [0.3, 0.4) is 0 Å². The van der Waals surface area contributed by atoms with E-state index in [4.69, 9.17) is 9.47 Å². The molecule has 2 amide bonds. The van der Waals surface area contributed by atoms with E-state index in [9.17, 15) is 19.5 Å². The van der Waals surface area contributed by atoms with Crippen LogP contribution >= 0.6 is 15.9 Å². The van der Waals surface area contributed by atoms with Gasteiger partial charge in [0.1, 0.15) is 11.6 Å². The van der Waals surface area contributed by atoms with Crippen molar-refractivity contribution in [1.82, 2.24) is 10.2 Å². The van der Waals surface area contributed by atoms with Crippen LogP contribution in [0.5, 0.6) is 0 Å². The van der Waals surface area contributed by atoms with E-state index in [1.807, 2.05) is 6.92 Å². The van der Waals surface area contributed by atoms with Crippen LogP contribution in [0.2, 0.25) is 0 Å². The van der Waals surface area contributed by atoms with Crippen molar-refractivity contribution in [3.8, 4) is 0 Å². The Morgan fingerprint density at radius 2 is 2.10 bits per heavy atom.